The van der Waals surface area contributed by atoms with E-state index in [9.17, 15) is 9.59 Å². The van der Waals surface area contributed by atoms with E-state index in [0.717, 1.165) is 11.1 Å². The fraction of sp³-hybridized carbons (Fsp3) is 0.500. The van der Waals surface area contributed by atoms with Crippen molar-refractivity contribution in [2.75, 3.05) is 13.1 Å². The van der Waals surface area contributed by atoms with E-state index in [0.29, 0.717) is 25.2 Å². The van der Waals surface area contributed by atoms with E-state index in [1.54, 1.807) is 17.0 Å². The molecule has 0 aliphatic heterocycles. The number of primary amides is 1. The first kappa shape index (κ1) is 17.2. The van der Waals surface area contributed by atoms with Crippen LogP contribution in [0.5, 0.6) is 0 Å². The van der Waals surface area contributed by atoms with Crippen LogP contribution in [0, 0.1) is 6.92 Å². The molecule has 5 nitrogen and oxygen atoms in total. The summed E-state index contributed by atoms with van der Waals surface area (Å²) in [6, 6.07) is 5.12. The Morgan fingerprint density at radius 3 is 2.38 bits per heavy atom. The summed E-state index contributed by atoms with van der Waals surface area (Å²) >= 11 is 0. The first-order chi connectivity index (χ1) is 9.90. The van der Waals surface area contributed by atoms with E-state index in [2.05, 4.69) is 5.32 Å². The fourth-order valence-corrected chi connectivity index (χ4v) is 2.21. The van der Waals surface area contributed by atoms with Crippen molar-refractivity contribution < 1.29 is 9.59 Å². The molecule has 0 saturated heterocycles. The maximum absolute atomic E-state index is 12.2. The van der Waals surface area contributed by atoms with Crippen molar-refractivity contribution in [2.24, 2.45) is 5.73 Å². The number of nitrogens with zero attached hydrogens (tertiary/aromatic N) is 1. The number of aryl methyl sites for hydroxylation is 1. The topological polar surface area (TPSA) is 75.4 Å². The summed E-state index contributed by atoms with van der Waals surface area (Å²) in [4.78, 5) is 25.1. The zero-order chi connectivity index (χ0) is 16.0. The van der Waals surface area contributed by atoms with Gasteiger partial charge in [-0.1, -0.05) is 6.07 Å². The number of benzene rings is 1. The SMILES string of the molecule is CCN(CC)C(=O)C(C)NCc1ccc(C(N)=O)cc1C. The molecular weight excluding hydrogens is 266 g/mol. The fourth-order valence-electron chi connectivity index (χ4n) is 2.21. The van der Waals surface area contributed by atoms with Gasteiger partial charge in [-0.05, 0) is 51.0 Å². The molecule has 0 aliphatic rings. The second kappa shape index (κ2) is 7.78. The first-order valence-electron chi connectivity index (χ1n) is 7.32. The average molecular weight is 291 g/mol. The number of carbonyl (C=O) groups is 2. The summed E-state index contributed by atoms with van der Waals surface area (Å²) < 4.78 is 0. The lowest BCUT2D eigenvalue weighted by Crippen LogP contribution is -2.44. The molecule has 1 unspecified atom stereocenters. The van der Waals surface area contributed by atoms with Crippen molar-refractivity contribution >= 4 is 11.8 Å². The Morgan fingerprint density at radius 1 is 1.29 bits per heavy atom. The van der Waals surface area contributed by atoms with Crippen LogP contribution in [0.3, 0.4) is 0 Å². The molecule has 0 aliphatic carbocycles. The van der Waals surface area contributed by atoms with Crippen molar-refractivity contribution in [1.82, 2.24) is 10.2 Å². The van der Waals surface area contributed by atoms with E-state index in [1.165, 1.54) is 0 Å². The standard InChI is InChI=1S/C16H25N3O2/c1-5-19(6-2)16(21)12(4)18-10-14-8-7-13(15(17)20)9-11(14)3/h7-9,12,18H,5-6,10H2,1-4H3,(H2,17,20). The minimum atomic E-state index is -0.428. The third-order valence-electron chi connectivity index (χ3n) is 3.67. The van der Waals surface area contributed by atoms with Crippen LogP contribution >= 0.6 is 0 Å². The molecule has 1 rings (SSSR count). The van der Waals surface area contributed by atoms with Gasteiger partial charge in [0.2, 0.25) is 11.8 Å². The first-order valence-corrected chi connectivity index (χ1v) is 7.32. The zero-order valence-electron chi connectivity index (χ0n) is 13.3. The average Bonchev–Trinajstić information content (AvgIpc) is 2.46. The molecule has 0 radical (unpaired) electrons. The summed E-state index contributed by atoms with van der Waals surface area (Å²) in [6.45, 7) is 9.76. The van der Waals surface area contributed by atoms with Crippen molar-refractivity contribution in [3.05, 3.63) is 34.9 Å². The van der Waals surface area contributed by atoms with Gasteiger partial charge >= 0.3 is 0 Å². The molecule has 2 amide bonds. The maximum atomic E-state index is 12.2. The second-order valence-electron chi connectivity index (χ2n) is 5.12. The number of nitrogens with one attached hydrogen (secondary N) is 1. The van der Waals surface area contributed by atoms with Gasteiger partial charge in [-0.2, -0.15) is 0 Å². The van der Waals surface area contributed by atoms with Gasteiger partial charge in [0.25, 0.3) is 0 Å². The second-order valence-corrected chi connectivity index (χ2v) is 5.12. The highest BCUT2D eigenvalue weighted by Gasteiger charge is 2.17. The summed E-state index contributed by atoms with van der Waals surface area (Å²) in [6.07, 6.45) is 0. The van der Waals surface area contributed by atoms with Crippen LogP contribution < -0.4 is 11.1 Å². The highest BCUT2D eigenvalue weighted by Crippen LogP contribution is 2.11. The highest BCUT2D eigenvalue weighted by molar-refractivity contribution is 5.93. The number of hydrogen-bond donors (Lipinski definition) is 2. The Bertz CT molecular complexity index is 510. The molecule has 0 aromatic heterocycles. The Balaban J connectivity index is 2.67. The van der Waals surface area contributed by atoms with Crippen molar-refractivity contribution in [3.8, 4) is 0 Å². The Morgan fingerprint density at radius 2 is 1.90 bits per heavy atom. The molecule has 0 bridgehead atoms. The van der Waals surface area contributed by atoms with Gasteiger partial charge < -0.3 is 16.0 Å². The molecule has 116 valence electrons. The van der Waals surface area contributed by atoms with Crippen molar-refractivity contribution in [3.63, 3.8) is 0 Å². The summed E-state index contributed by atoms with van der Waals surface area (Å²) in [7, 11) is 0. The van der Waals surface area contributed by atoms with Gasteiger partial charge in [0.1, 0.15) is 0 Å². The third-order valence-corrected chi connectivity index (χ3v) is 3.67. The zero-order valence-corrected chi connectivity index (χ0v) is 13.3. The normalized spacial score (nSPS) is 12.0. The number of nitrogens with two attached hydrogens (primary N) is 1. The number of hydrogen-bond acceptors (Lipinski definition) is 3. The predicted octanol–water partition coefficient (Wildman–Crippen LogP) is 1.44. The molecule has 1 aromatic carbocycles. The third kappa shape index (κ3) is 4.56. The molecule has 1 atom stereocenters. The molecule has 3 N–H and O–H groups in total. The van der Waals surface area contributed by atoms with E-state index in [4.69, 9.17) is 5.73 Å². The van der Waals surface area contributed by atoms with E-state index in [-0.39, 0.29) is 11.9 Å². The smallest absolute Gasteiger partial charge is 0.248 e. The molecule has 0 heterocycles. The summed E-state index contributed by atoms with van der Waals surface area (Å²) in [5, 5.41) is 3.23. The minimum absolute atomic E-state index is 0.103. The largest absolute Gasteiger partial charge is 0.366 e. The molecular formula is C16H25N3O2. The lowest BCUT2D eigenvalue weighted by Gasteiger charge is -2.23. The summed E-state index contributed by atoms with van der Waals surface area (Å²) in [5.74, 6) is -0.325. The molecule has 21 heavy (non-hydrogen) atoms. The highest BCUT2D eigenvalue weighted by atomic mass is 16.2. The van der Waals surface area contributed by atoms with E-state index in [1.807, 2.05) is 33.8 Å². The molecule has 5 heteroatoms. The maximum Gasteiger partial charge on any atom is 0.248 e. The van der Waals surface area contributed by atoms with Crippen LogP contribution in [0.25, 0.3) is 0 Å². The quantitative estimate of drug-likeness (QED) is 0.798. The van der Waals surface area contributed by atoms with E-state index >= 15 is 0 Å². The van der Waals surface area contributed by atoms with Gasteiger partial charge in [-0.15, -0.1) is 0 Å². The van der Waals surface area contributed by atoms with Gasteiger partial charge in [-0.25, -0.2) is 0 Å². The predicted molar refractivity (Wildman–Crippen MR) is 83.9 cm³/mol. The lowest BCUT2D eigenvalue weighted by atomic mass is 10.0. The van der Waals surface area contributed by atoms with Gasteiger partial charge in [0.15, 0.2) is 0 Å². The van der Waals surface area contributed by atoms with Crippen molar-refractivity contribution in [1.29, 1.82) is 0 Å². The molecule has 1 aromatic rings. The van der Waals surface area contributed by atoms with Gasteiger partial charge in [0, 0.05) is 25.2 Å². The number of amides is 2. The molecule has 0 fully saturated rings. The van der Waals surface area contributed by atoms with Crippen molar-refractivity contribution in [2.45, 2.75) is 40.3 Å². The van der Waals surface area contributed by atoms with Crippen LogP contribution in [-0.4, -0.2) is 35.8 Å². The van der Waals surface area contributed by atoms with Gasteiger partial charge in [-0.3, -0.25) is 9.59 Å². The van der Waals surface area contributed by atoms with Crippen LogP contribution in [-0.2, 0) is 11.3 Å². The Kier molecular flexibility index (Phi) is 6.37. The monoisotopic (exact) mass is 291 g/mol. The van der Waals surface area contributed by atoms with Crippen LogP contribution in [0.2, 0.25) is 0 Å². The Labute approximate surface area is 126 Å². The molecule has 0 spiro atoms. The van der Waals surface area contributed by atoms with Crippen LogP contribution in [0.1, 0.15) is 42.3 Å². The lowest BCUT2D eigenvalue weighted by molar-refractivity contribution is -0.132. The summed E-state index contributed by atoms with van der Waals surface area (Å²) in [5.41, 5.74) is 7.80. The molecule has 0 saturated carbocycles. The van der Waals surface area contributed by atoms with E-state index < -0.39 is 5.91 Å². The van der Waals surface area contributed by atoms with Crippen LogP contribution in [0.15, 0.2) is 18.2 Å². The number of rotatable bonds is 7. The number of carbonyl (C=O) groups excluding carboxylic acids is 2. The minimum Gasteiger partial charge on any atom is -0.366 e. The van der Waals surface area contributed by atoms with Crippen LogP contribution in [0.4, 0.5) is 0 Å². The number of likely N-dealkylation sites (N-methyl/N-ethyl adjacent to an activating group) is 1. The van der Waals surface area contributed by atoms with Gasteiger partial charge in [0.05, 0.1) is 6.04 Å². The Hall–Kier alpha value is -1.88.